The number of nitrogens with zero attached hydrogens (tertiary/aromatic N) is 2. The smallest absolute Gasteiger partial charge is 0.419 e. The summed E-state index contributed by atoms with van der Waals surface area (Å²) in [5.74, 6) is 1.25. The van der Waals surface area contributed by atoms with Crippen molar-refractivity contribution in [2.24, 2.45) is 0 Å². The highest BCUT2D eigenvalue weighted by molar-refractivity contribution is 5.78. The number of amides is 1. The third kappa shape index (κ3) is 4.99. The Bertz CT molecular complexity index is 851. The normalized spacial score (nSPS) is 14.8. The predicted octanol–water partition coefficient (Wildman–Crippen LogP) is 3.17. The molecule has 1 aliphatic rings. The number of aryl methyl sites for hydroxylation is 3. The number of rotatable bonds is 4. The van der Waals surface area contributed by atoms with E-state index in [1.165, 1.54) is 6.07 Å². The highest BCUT2D eigenvalue weighted by Crippen LogP contribution is 2.28. The summed E-state index contributed by atoms with van der Waals surface area (Å²) in [6.45, 7) is 7.95. The topological polar surface area (TPSA) is 46.9 Å². The molecule has 1 aromatic heterocycles. The standard InChI is InChI=1S/C21H24F3N3O2/c1-14-10-15(2)20(16(3)11-14)29-13-19(28)27-8-6-26(7-9-27)18-5-4-17(12-25-18)21(22,23)24/h4-5,10-12H,6-9,13H2,1-3H3/p+1. The van der Waals surface area contributed by atoms with E-state index in [1.54, 1.807) is 4.90 Å². The van der Waals surface area contributed by atoms with Crippen LogP contribution in [-0.4, -0.2) is 43.6 Å². The van der Waals surface area contributed by atoms with Crippen LogP contribution in [0.5, 0.6) is 5.75 Å². The van der Waals surface area contributed by atoms with Crippen LogP contribution in [0.15, 0.2) is 30.5 Å². The minimum absolute atomic E-state index is 0.0306. The van der Waals surface area contributed by atoms with E-state index in [4.69, 9.17) is 4.74 Å². The number of benzene rings is 1. The first-order valence-electron chi connectivity index (χ1n) is 9.47. The average Bonchev–Trinajstić information content (AvgIpc) is 2.66. The Hall–Kier alpha value is -2.77. The Balaban J connectivity index is 1.53. The molecule has 1 saturated heterocycles. The lowest BCUT2D eigenvalue weighted by Crippen LogP contribution is -2.51. The number of aromatic nitrogens is 1. The molecule has 1 aromatic carbocycles. The van der Waals surface area contributed by atoms with E-state index in [2.05, 4.69) is 4.98 Å². The molecule has 0 aliphatic carbocycles. The average molecular weight is 408 g/mol. The molecule has 2 aromatic rings. The molecule has 0 saturated carbocycles. The zero-order valence-corrected chi connectivity index (χ0v) is 16.8. The summed E-state index contributed by atoms with van der Waals surface area (Å²) in [6.07, 6.45) is -3.40. The van der Waals surface area contributed by atoms with Crippen molar-refractivity contribution < 1.29 is 27.7 Å². The number of ether oxygens (including phenoxy) is 1. The van der Waals surface area contributed by atoms with Crippen LogP contribution in [0.1, 0.15) is 22.3 Å². The van der Waals surface area contributed by atoms with Gasteiger partial charge in [0, 0.05) is 6.07 Å². The first kappa shape index (κ1) is 21.0. The van der Waals surface area contributed by atoms with Crippen molar-refractivity contribution in [2.45, 2.75) is 26.9 Å². The number of halogens is 3. The molecule has 0 bridgehead atoms. The number of alkyl halides is 3. The van der Waals surface area contributed by atoms with Crippen LogP contribution >= 0.6 is 0 Å². The Morgan fingerprint density at radius 1 is 1.07 bits per heavy atom. The lowest BCUT2D eigenvalue weighted by molar-refractivity contribution is -0.367. The van der Waals surface area contributed by atoms with Crippen molar-refractivity contribution in [3.05, 3.63) is 52.7 Å². The van der Waals surface area contributed by atoms with Gasteiger partial charge in [-0.1, -0.05) is 17.7 Å². The van der Waals surface area contributed by atoms with Crippen molar-refractivity contribution in [1.82, 2.24) is 4.90 Å². The summed E-state index contributed by atoms with van der Waals surface area (Å²) in [7, 11) is 0. The lowest BCUT2D eigenvalue weighted by atomic mass is 10.1. The Kier molecular flexibility index (Phi) is 6.00. The number of pyridine rings is 1. The first-order valence-corrected chi connectivity index (χ1v) is 9.47. The van der Waals surface area contributed by atoms with Gasteiger partial charge in [0.2, 0.25) is 0 Å². The van der Waals surface area contributed by atoms with Gasteiger partial charge < -0.3 is 9.64 Å². The van der Waals surface area contributed by atoms with Gasteiger partial charge in [-0.3, -0.25) is 9.69 Å². The van der Waals surface area contributed by atoms with Crippen LogP contribution in [-0.2, 0) is 11.0 Å². The van der Waals surface area contributed by atoms with Crippen LogP contribution in [0.25, 0.3) is 0 Å². The molecule has 1 fully saturated rings. The molecule has 0 unspecified atom stereocenters. The SMILES string of the molecule is Cc1cc(C)c(OCC(=O)N2CCN(c3ccc(C(F)(F)F)c[nH+]3)CC2)c(C)c1. The van der Waals surface area contributed by atoms with Crippen LogP contribution in [0.4, 0.5) is 19.0 Å². The number of nitrogens with one attached hydrogen (secondary N) is 1. The minimum atomic E-state index is -4.37. The van der Waals surface area contributed by atoms with Crippen LogP contribution in [0.2, 0.25) is 0 Å². The number of aromatic amines is 1. The van der Waals surface area contributed by atoms with Gasteiger partial charge in [-0.25, -0.2) is 4.98 Å². The van der Waals surface area contributed by atoms with E-state index < -0.39 is 11.7 Å². The number of piperazine rings is 1. The molecule has 0 atom stereocenters. The lowest BCUT2D eigenvalue weighted by Gasteiger charge is -2.31. The molecule has 5 nitrogen and oxygen atoms in total. The highest BCUT2D eigenvalue weighted by atomic mass is 19.4. The van der Waals surface area contributed by atoms with E-state index in [1.807, 2.05) is 37.8 Å². The number of H-pyrrole nitrogens is 1. The maximum atomic E-state index is 12.7. The zero-order chi connectivity index (χ0) is 21.2. The quantitative estimate of drug-likeness (QED) is 0.781. The van der Waals surface area contributed by atoms with Gasteiger partial charge >= 0.3 is 6.18 Å². The van der Waals surface area contributed by atoms with Gasteiger partial charge in [0.25, 0.3) is 11.7 Å². The molecule has 1 amide bonds. The van der Waals surface area contributed by atoms with Gasteiger partial charge in [0.05, 0.1) is 18.7 Å². The largest absolute Gasteiger partial charge is 0.483 e. The van der Waals surface area contributed by atoms with Crippen molar-refractivity contribution in [3.8, 4) is 5.75 Å². The maximum absolute atomic E-state index is 12.7. The second kappa shape index (κ2) is 8.31. The summed E-state index contributed by atoms with van der Waals surface area (Å²) < 4.78 is 43.8. The fourth-order valence-electron chi connectivity index (χ4n) is 3.61. The third-order valence-electron chi connectivity index (χ3n) is 5.04. The first-order chi connectivity index (χ1) is 13.6. The molecular formula is C21H25F3N3O2+. The molecular weight excluding hydrogens is 383 g/mol. The Morgan fingerprint density at radius 2 is 1.69 bits per heavy atom. The van der Waals surface area contributed by atoms with Gasteiger partial charge in [-0.15, -0.1) is 0 Å². The van der Waals surface area contributed by atoms with Crippen molar-refractivity contribution in [2.75, 3.05) is 37.7 Å². The number of carbonyl (C=O) groups excluding carboxylic acids is 1. The zero-order valence-electron chi connectivity index (χ0n) is 16.8. The summed E-state index contributed by atoms with van der Waals surface area (Å²) in [6, 6.07) is 6.52. The van der Waals surface area contributed by atoms with Gasteiger partial charge in [-0.2, -0.15) is 13.2 Å². The van der Waals surface area contributed by atoms with Crippen molar-refractivity contribution >= 4 is 11.7 Å². The minimum Gasteiger partial charge on any atom is -0.483 e. The van der Waals surface area contributed by atoms with E-state index in [9.17, 15) is 18.0 Å². The predicted molar refractivity (Wildman–Crippen MR) is 103 cm³/mol. The number of anilines is 1. The Morgan fingerprint density at radius 3 is 2.21 bits per heavy atom. The van der Waals surface area contributed by atoms with Crippen molar-refractivity contribution in [1.29, 1.82) is 0 Å². The van der Waals surface area contributed by atoms with E-state index in [0.29, 0.717) is 32.0 Å². The fraction of sp³-hybridized carbons (Fsp3) is 0.429. The van der Waals surface area contributed by atoms with E-state index >= 15 is 0 Å². The maximum Gasteiger partial charge on any atom is 0.419 e. The van der Waals surface area contributed by atoms with Crippen LogP contribution in [0, 0.1) is 20.8 Å². The second-order valence-corrected chi connectivity index (χ2v) is 7.34. The number of carbonyl (C=O) groups is 1. The van der Waals surface area contributed by atoms with Gasteiger partial charge in [0.1, 0.15) is 25.0 Å². The third-order valence-corrected chi connectivity index (χ3v) is 5.04. The van der Waals surface area contributed by atoms with Crippen molar-refractivity contribution in [3.63, 3.8) is 0 Å². The molecule has 0 spiro atoms. The molecule has 3 rings (SSSR count). The van der Waals surface area contributed by atoms with E-state index in [0.717, 1.165) is 34.7 Å². The summed E-state index contributed by atoms with van der Waals surface area (Å²) in [5.41, 5.74) is 2.43. The summed E-state index contributed by atoms with van der Waals surface area (Å²) >= 11 is 0. The Labute approximate surface area is 168 Å². The fourth-order valence-corrected chi connectivity index (χ4v) is 3.61. The van der Waals surface area contributed by atoms with Crippen LogP contribution in [0.3, 0.4) is 0 Å². The van der Waals surface area contributed by atoms with E-state index in [-0.39, 0.29) is 12.5 Å². The molecule has 29 heavy (non-hydrogen) atoms. The molecule has 1 N–H and O–H groups in total. The van der Waals surface area contributed by atoms with Gasteiger partial charge in [-0.05, 0) is 38.0 Å². The second-order valence-electron chi connectivity index (χ2n) is 7.34. The molecule has 8 heteroatoms. The number of hydrogen-bond donors (Lipinski definition) is 0. The molecule has 2 heterocycles. The monoisotopic (exact) mass is 408 g/mol. The molecule has 1 aliphatic heterocycles. The molecule has 156 valence electrons. The summed E-state index contributed by atoms with van der Waals surface area (Å²) in [5, 5.41) is 0. The summed E-state index contributed by atoms with van der Waals surface area (Å²) in [4.78, 5) is 18.9. The van der Waals surface area contributed by atoms with Crippen LogP contribution < -0.4 is 14.6 Å². The molecule has 0 radical (unpaired) electrons. The number of hydrogen-bond acceptors (Lipinski definition) is 3. The van der Waals surface area contributed by atoms with Gasteiger partial charge in [0.15, 0.2) is 6.61 Å². The highest BCUT2D eigenvalue weighted by Gasteiger charge is 2.33.